The summed E-state index contributed by atoms with van der Waals surface area (Å²) in [6.07, 6.45) is 64.7. The van der Waals surface area contributed by atoms with E-state index in [1.165, 1.54) is 109 Å². The number of unbranched alkanes of at least 4 members (excludes halogenated alkanes) is 24. The third-order valence-electron chi connectivity index (χ3n) is 11.2. The maximum absolute atomic E-state index is 12.8. The van der Waals surface area contributed by atoms with E-state index in [0.29, 0.717) is 19.3 Å². The second-order valence-electron chi connectivity index (χ2n) is 17.4. The molecular weight excluding hydrogens is 781 g/mol. The summed E-state index contributed by atoms with van der Waals surface area (Å²) in [5.41, 5.74) is 0. The van der Waals surface area contributed by atoms with E-state index in [9.17, 15) is 14.4 Å². The van der Waals surface area contributed by atoms with Crippen LogP contribution in [0.15, 0.2) is 72.9 Å². The first kappa shape index (κ1) is 59.9. The van der Waals surface area contributed by atoms with E-state index in [4.69, 9.17) is 14.2 Å². The Labute approximate surface area is 389 Å². The van der Waals surface area contributed by atoms with E-state index >= 15 is 0 Å². The van der Waals surface area contributed by atoms with Gasteiger partial charge in [-0.2, -0.15) is 0 Å². The molecule has 0 aliphatic rings. The van der Waals surface area contributed by atoms with Crippen molar-refractivity contribution in [1.29, 1.82) is 0 Å². The van der Waals surface area contributed by atoms with E-state index < -0.39 is 6.10 Å². The van der Waals surface area contributed by atoms with Crippen LogP contribution in [0, 0.1) is 0 Å². The highest BCUT2D eigenvalue weighted by atomic mass is 16.6. The van der Waals surface area contributed by atoms with E-state index in [2.05, 4.69) is 93.7 Å². The minimum atomic E-state index is -0.783. The average Bonchev–Trinajstić information content (AvgIpc) is 3.28. The Hall–Kier alpha value is -3.15. The highest BCUT2D eigenvalue weighted by Gasteiger charge is 2.19. The molecular formula is C57H98O6. The predicted molar refractivity (Wildman–Crippen MR) is 270 cm³/mol. The molecule has 63 heavy (non-hydrogen) atoms. The molecule has 0 radical (unpaired) electrons. The molecule has 0 aromatic rings. The van der Waals surface area contributed by atoms with Crippen LogP contribution in [0.25, 0.3) is 0 Å². The summed E-state index contributed by atoms with van der Waals surface area (Å²) < 4.78 is 16.7. The summed E-state index contributed by atoms with van der Waals surface area (Å²) in [6.45, 7) is 6.46. The SMILES string of the molecule is CC/C=C\C/C=C\C/C=C\CCCCCCCCCC(=O)OC(COC(=O)CCCCCCCCC)COC(=O)CCCCCCCC/C=C\C/C=C\C/C=C\CCCCCCC. The van der Waals surface area contributed by atoms with Gasteiger partial charge in [-0.3, -0.25) is 14.4 Å². The second kappa shape index (κ2) is 51.5. The van der Waals surface area contributed by atoms with Gasteiger partial charge in [-0.25, -0.2) is 0 Å². The van der Waals surface area contributed by atoms with Crippen LogP contribution in [-0.4, -0.2) is 37.2 Å². The molecule has 0 aromatic heterocycles. The lowest BCUT2D eigenvalue weighted by atomic mass is 10.1. The molecule has 6 nitrogen and oxygen atoms in total. The number of esters is 3. The Morgan fingerprint density at radius 3 is 0.968 bits per heavy atom. The molecule has 0 bridgehead atoms. The number of carbonyl (C=O) groups is 3. The zero-order valence-electron chi connectivity index (χ0n) is 41.3. The average molecular weight is 879 g/mol. The fourth-order valence-electron chi connectivity index (χ4n) is 7.23. The molecule has 1 atom stereocenters. The second-order valence-corrected chi connectivity index (χ2v) is 17.4. The van der Waals surface area contributed by atoms with E-state index in [1.807, 2.05) is 0 Å². The first-order valence-electron chi connectivity index (χ1n) is 26.4. The van der Waals surface area contributed by atoms with Gasteiger partial charge in [0.1, 0.15) is 13.2 Å². The Bertz CT molecular complexity index is 1190. The van der Waals surface area contributed by atoms with Crippen molar-refractivity contribution in [2.24, 2.45) is 0 Å². The number of hydrogen-bond donors (Lipinski definition) is 0. The first-order valence-corrected chi connectivity index (χ1v) is 26.4. The van der Waals surface area contributed by atoms with E-state index in [-0.39, 0.29) is 31.1 Å². The van der Waals surface area contributed by atoms with Gasteiger partial charge >= 0.3 is 17.9 Å². The van der Waals surface area contributed by atoms with Gasteiger partial charge in [0.25, 0.3) is 0 Å². The van der Waals surface area contributed by atoms with Crippen molar-refractivity contribution in [3.05, 3.63) is 72.9 Å². The zero-order chi connectivity index (χ0) is 45.8. The molecule has 0 amide bonds. The molecule has 0 saturated carbocycles. The number of hydrogen-bond acceptors (Lipinski definition) is 6. The largest absolute Gasteiger partial charge is 0.462 e. The lowest BCUT2D eigenvalue weighted by Crippen LogP contribution is -2.30. The van der Waals surface area contributed by atoms with Crippen LogP contribution in [0.3, 0.4) is 0 Å². The molecule has 0 aliphatic heterocycles. The highest BCUT2D eigenvalue weighted by molar-refractivity contribution is 5.71. The molecule has 0 spiro atoms. The van der Waals surface area contributed by atoms with Crippen molar-refractivity contribution in [2.45, 2.75) is 258 Å². The van der Waals surface area contributed by atoms with Crippen LogP contribution in [0.1, 0.15) is 252 Å². The van der Waals surface area contributed by atoms with Crippen molar-refractivity contribution >= 4 is 17.9 Å². The maximum Gasteiger partial charge on any atom is 0.306 e. The topological polar surface area (TPSA) is 78.9 Å². The molecule has 0 heterocycles. The van der Waals surface area contributed by atoms with Crippen LogP contribution < -0.4 is 0 Å². The van der Waals surface area contributed by atoms with Gasteiger partial charge in [-0.15, -0.1) is 0 Å². The van der Waals surface area contributed by atoms with Gasteiger partial charge < -0.3 is 14.2 Å². The Morgan fingerprint density at radius 2 is 0.619 bits per heavy atom. The van der Waals surface area contributed by atoms with Crippen molar-refractivity contribution in [3.63, 3.8) is 0 Å². The summed E-state index contributed by atoms with van der Waals surface area (Å²) in [7, 11) is 0. The van der Waals surface area contributed by atoms with Crippen LogP contribution >= 0.6 is 0 Å². The Morgan fingerprint density at radius 1 is 0.333 bits per heavy atom. The number of allylic oxidation sites excluding steroid dienone is 12. The molecule has 0 aliphatic carbocycles. The van der Waals surface area contributed by atoms with Gasteiger partial charge in [0, 0.05) is 19.3 Å². The Kier molecular flexibility index (Phi) is 48.9. The van der Waals surface area contributed by atoms with Crippen molar-refractivity contribution in [1.82, 2.24) is 0 Å². The van der Waals surface area contributed by atoms with Crippen molar-refractivity contribution < 1.29 is 28.6 Å². The smallest absolute Gasteiger partial charge is 0.306 e. The molecule has 0 fully saturated rings. The van der Waals surface area contributed by atoms with Gasteiger partial charge in [0.2, 0.25) is 0 Å². The van der Waals surface area contributed by atoms with Crippen LogP contribution in [0.4, 0.5) is 0 Å². The molecule has 0 aromatic carbocycles. The molecule has 0 saturated heterocycles. The molecule has 1 unspecified atom stereocenters. The molecule has 0 rings (SSSR count). The van der Waals surface area contributed by atoms with Gasteiger partial charge in [0.15, 0.2) is 6.10 Å². The summed E-state index contributed by atoms with van der Waals surface area (Å²) in [5.74, 6) is -0.911. The standard InChI is InChI=1S/C57H98O6/c1-4-7-10-13-16-18-20-22-24-26-27-28-29-31-32-34-36-38-41-44-47-50-56(59)62-53-54(52-61-55(58)49-46-43-40-15-12-9-6-3)63-57(60)51-48-45-42-39-37-35-33-30-25-23-21-19-17-14-11-8-5-2/h8,11,17,19-20,22-23,25-27,29,31,54H,4-7,9-10,12-16,18,21,24,28,30,32-53H2,1-3H3/b11-8-,19-17-,22-20-,25-23-,27-26-,31-29-. The zero-order valence-corrected chi connectivity index (χ0v) is 41.3. The molecule has 362 valence electrons. The predicted octanol–water partition coefficient (Wildman–Crippen LogP) is 17.4. The maximum atomic E-state index is 12.8. The number of ether oxygens (including phenoxy) is 3. The monoisotopic (exact) mass is 879 g/mol. The van der Waals surface area contributed by atoms with Crippen LogP contribution in [0.5, 0.6) is 0 Å². The number of carbonyl (C=O) groups excluding carboxylic acids is 3. The van der Waals surface area contributed by atoms with E-state index in [1.54, 1.807) is 0 Å². The van der Waals surface area contributed by atoms with Gasteiger partial charge in [0.05, 0.1) is 0 Å². The van der Waals surface area contributed by atoms with Gasteiger partial charge in [-0.05, 0) is 89.9 Å². The van der Waals surface area contributed by atoms with Gasteiger partial charge in [-0.1, -0.05) is 216 Å². The fourth-order valence-corrected chi connectivity index (χ4v) is 7.23. The van der Waals surface area contributed by atoms with Crippen LogP contribution in [-0.2, 0) is 28.6 Å². The fraction of sp³-hybridized carbons (Fsp3) is 0.737. The Balaban J connectivity index is 4.28. The molecule has 6 heteroatoms. The minimum absolute atomic E-state index is 0.0836. The summed E-state index contributed by atoms with van der Waals surface area (Å²) in [4.78, 5) is 37.8. The quantitative estimate of drug-likeness (QED) is 0.0262. The summed E-state index contributed by atoms with van der Waals surface area (Å²) >= 11 is 0. The molecule has 0 N–H and O–H groups in total. The van der Waals surface area contributed by atoms with Crippen molar-refractivity contribution in [2.75, 3.05) is 13.2 Å². The summed E-state index contributed by atoms with van der Waals surface area (Å²) in [6, 6.07) is 0. The minimum Gasteiger partial charge on any atom is -0.462 e. The van der Waals surface area contributed by atoms with E-state index in [0.717, 1.165) is 103 Å². The lowest BCUT2D eigenvalue weighted by Gasteiger charge is -2.18. The van der Waals surface area contributed by atoms with Crippen molar-refractivity contribution in [3.8, 4) is 0 Å². The lowest BCUT2D eigenvalue weighted by molar-refractivity contribution is -0.167. The highest BCUT2D eigenvalue weighted by Crippen LogP contribution is 2.14. The first-order chi connectivity index (χ1) is 31.0. The normalized spacial score (nSPS) is 12.6. The third kappa shape index (κ3) is 49.7. The number of rotatable bonds is 47. The summed E-state index contributed by atoms with van der Waals surface area (Å²) in [5, 5.41) is 0. The third-order valence-corrected chi connectivity index (χ3v) is 11.2. The van der Waals surface area contributed by atoms with Crippen LogP contribution in [0.2, 0.25) is 0 Å².